The average molecular weight is 272 g/mol. The van der Waals surface area contributed by atoms with Crippen molar-refractivity contribution in [1.82, 2.24) is 0 Å². The SMILES string of the molecule is O=C1C[C@H](c2cccc(O)c2)Oc2cc(O)cc(O)c21. The molecule has 1 aliphatic heterocycles. The van der Waals surface area contributed by atoms with Gasteiger partial charge in [0.05, 0.1) is 6.42 Å². The second-order valence-electron chi connectivity index (χ2n) is 4.67. The van der Waals surface area contributed by atoms with Gasteiger partial charge >= 0.3 is 0 Å². The first kappa shape index (κ1) is 12.3. The Morgan fingerprint density at radius 1 is 1.05 bits per heavy atom. The van der Waals surface area contributed by atoms with E-state index >= 15 is 0 Å². The minimum atomic E-state index is -0.553. The summed E-state index contributed by atoms with van der Waals surface area (Å²) < 4.78 is 5.65. The first-order valence-electron chi connectivity index (χ1n) is 6.09. The van der Waals surface area contributed by atoms with Gasteiger partial charge in [0.25, 0.3) is 0 Å². The number of phenols is 3. The number of carbonyl (C=O) groups is 1. The van der Waals surface area contributed by atoms with Crippen LogP contribution >= 0.6 is 0 Å². The molecule has 3 rings (SSSR count). The van der Waals surface area contributed by atoms with Crippen LogP contribution in [-0.2, 0) is 0 Å². The molecule has 1 heterocycles. The maximum absolute atomic E-state index is 12.1. The van der Waals surface area contributed by atoms with Crippen molar-refractivity contribution in [2.45, 2.75) is 12.5 Å². The first-order valence-corrected chi connectivity index (χ1v) is 6.09. The monoisotopic (exact) mass is 272 g/mol. The van der Waals surface area contributed by atoms with Crippen molar-refractivity contribution in [3.8, 4) is 23.0 Å². The van der Waals surface area contributed by atoms with Gasteiger partial charge in [-0.1, -0.05) is 12.1 Å². The lowest BCUT2D eigenvalue weighted by Crippen LogP contribution is -2.20. The number of ether oxygens (including phenoxy) is 1. The number of aromatic hydroxyl groups is 3. The number of carbonyl (C=O) groups excluding carboxylic acids is 1. The molecule has 20 heavy (non-hydrogen) atoms. The predicted octanol–water partition coefficient (Wildman–Crippen LogP) is 2.51. The Bertz CT molecular complexity index is 693. The van der Waals surface area contributed by atoms with Crippen LogP contribution in [-0.4, -0.2) is 21.1 Å². The van der Waals surface area contributed by atoms with Gasteiger partial charge in [-0.25, -0.2) is 0 Å². The Morgan fingerprint density at radius 3 is 2.60 bits per heavy atom. The van der Waals surface area contributed by atoms with E-state index in [0.717, 1.165) is 6.07 Å². The number of phenolic OH excluding ortho intramolecular Hbond substituents is 3. The summed E-state index contributed by atoms with van der Waals surface area (Å²) in [5.74, 6) is -0.503. The number of Topliss-reactive ketones (excluding diaryl/α,β-unsaturated/α-hetero) is 1. The van der Waals surface area contributed by atoms with Crippen LogP contribution in [0.15, 0.2) is 36.4 Å². The molecule has 2 aromatic carbocycles. The highest BCUT2D eigenvalue weighted by Crippen LogP contribution is 2.41. The Morgan fingerprint density at radius 2 is 1.85 bits per heavy atom. The van der Waals surface area contributed by atoms with Gasteiger partial charge < -0.3 is 20.1 Å². The zero-order valence-corrected chi connectivity index (χ0v) is 10.4. The molecule has 0 spiro atoms. The highest BCUT2D eigenvalue weighted by Gasteiger charge is 2.30. The Balaban J connectivity index is 2.02. The number of fused-ring (bicyclic) bond motifs is 1. The first-order chi connectivity index (χ1) is 9.54. The van der Waals surface area contributed by atoms with Crippen LogP contribution in [0.25, 0.3) is 0 Å². The molecule has 0 radical (unpaired) electrons. The fourth-order valence-electron chi connectivity index (χ4n) is 2.34. The fraction of sp³-hybridized carbons (Fsp3) is 0.133. The molecule has 0 aromatic heterocycles. The quantitative estimate of drug-likeness (QED) is 0.742. The van der Waals surface area contributed by atoms with Gasteiger partial charge in [-0.2, -0.15) is 0 Å². The van der Waals surface area contributed by atoms with Crippen molar-refractivity contribution in [3.05, 3.63) is 47.5 Å². The summed E-state index contributed by atoms with van der Waals surface area (Å²) in [5, 5.41) is 28.6. The van der Waals surface area contributed by atoms with E-state index in [1.807, 2.05) is 0 Å². The summed E-state index contributed by atoms with van der Waals surface area (Å²) in [5.41, 5.74) is 0.742. The Kier molecular flexibility index (Phi) is 2.75. The van der Waals surface area contributed by atoms with E-state index in [2.05, 4.69) is 0 Å². The minimum absolute atomic E-state index is 0.0643. The van der Waals surface area contributed by atoms with Gasteiger partial charge in [-0.15, -0.1) is 0 Å². The molecule has 0 aliphatic carbocycles. The number of hydrogen-bond acceptors (Lipinski definition) is 5. The van der Waals surface area contributed by atoms with E-state index in [0.29, 0.717) is 5.56 Å². The maximum Gasteiger partial charge on any atom is 0.174 e. The van der Waals surface area contributed by atoms with Crippen LogP contribution in [0.4, 0.5) is 0 Å². The van der Waals surface area contributed by atoms with E-state index in [-0.39, 0.29) is 40.8 Å². The van der Waals surface area contributed by atoms with Crippen LogP contribution in [0.2, 0.25) is 0 Å². The average Bonchev–Trinajstić information content (AvgIpc) is 2.37. The van der Waals surface area contributed by atoms with Gasteiger partial charge in [-0.05, 0) is 17.7 Å². The standard InChI is InChI=1S/C15H12O5/c16-9-3-1-2-8(4-9)13-7-12(19)15-11(18)5-10(17)6-14(15)20-13/h1-6,13,16-18H,7H2/t13-/m1/s1. The predicted molar refractivity (Wildman–Crippen MR) is 70.2 cm³/mol. The summed E-state index contributed by atoms with van der Waals surface area (Å²) in [6.45, 7) is 0. The van der Waals surface area contributed by atoms with Crippen LogP contribution in [0.5, 0.6) is 23.0 Å². The molecule has 0 unspecified atom stereocenters. The van der Waals surface area contributed by atoms with E-state index < -0.39 is 6.10 Å². The molecule has 2 aromatic rings. The van der Waals surface area contributed by atoms with Crippen LogP contribution in [0, 0.1) is 0 Å². The van der Waals surface area contributed by atoms with Crippen molar-refractivity contribution < 1.29 is 24.9 Å². The highest BCUT2D eigenvalue weighted by molar-refractivity contribution is 6.02. The molecule has 0 saturated carbocycles. The number of rotatable bonds is 1. The van der Waals surface area contributed by atoms with Crippen LogP contribution in [0.1, 0.15) is 28.4 Å². The third kappa shape index (κ3) is 2.03. The summed E-state index contributed by atoms with van der Waals surface area (Å²) in [4.78, 5) is 12.1. The summed E-state index contributed by atoms with van der Waals surface area (Å²) in [6.07, 6.45) is -0.488. The van der Waals surface area contributed by atoms with Crippen molar-refractivity contribution in [1.29, 1.82) is 0 Å². The number of benzene rings is 2. The maximum atomic E-state index is 12.1. The summed E-state index contributed by atoms with van der Waals surface area (Å²) in [6, 6.07) is 8.85. The normalized spacial score (nSPS) is 17.4. The summed E-state index contributed by atoms with van der Waals surface area (Å²) >= 11 is 0. The Labute approximate surface area is 114 Å². The van der Waals surface area contributed by atoms with Gasteiger partial charge in [0.1, 0.15) is 34.7 Å². The largest absolute Gasteiger partial charge is 0.508 e. The molecule has 0 bridgehead atoms. The number of ketones is 1. The smallest absolute Gasteiger partial charge is 0.174 e. The highest BCUT2D eigenvalue weighted by atomic mass is 16.5. The van der Waals surface area contributed by atoms with Crippen molar-refractivity contribution in [2.75, 3.05) is 0 Å². The second-order valence-corrected chi connectivity index (χ2v) is 4.67. The molecule has 1 aliphatic rings. The zero-order valence-electron chi connectivity index (χ0n) is 10.4. The molecule has 0 fully saturated rings. The fourth-order valence-corrected chi connectivity index (χ4v) is 2.34. The molecule has 0 saturated heterocycles. The number of hydrogen-bond donors (Lipinski definition) is 3. The van der Waals surface area contributed by atoms with Gasteiger partial charge in [-0.3, -0.25) is 4.79 Å². The zero-order chi connectivity index (χ0) is 14.3. The van der Waals surface area contributed by atoms with E-state index in [1.54, 1.807) is 12.1 Å². The van der Waals surface area contributed by atoms with Crippen LogP contribution < -0.4 is 4.74 Å². The third-order valence-corrected chi connectivity index (χ3v) is 3.23. The van der Waals surface area contributed by atoms with Crippen molar-refractivity contribution in [3.63, 3.8) is 0 Å². The molecular weight excluding hydrogens is 260 g/mol. The lowest BCUT2D eigenvalue weighted by molar-refractivity contribution is 0.0844. The molecular formula is C15H12O5. The third-order valence-electron chi connectivity index (χ3n) is 3.23. The topological polar surface area (TPSA) is 87.0 Å². The van der Waals surface area contributed by atoms with Crippen molar-refractivity contribution >= 4 is 5.78 Å². The molecule has 5 heteroatoms. The summed E-state index contributed by atoms with van der Waals surface area (Å²) in [7, 11) is 0. The van der Waals surface area contributed by atoms with Crippen LogP contribution in [0.3, 0.4) is 0 Å². The van der Waals surface area contributed by atoms with Gasteiger partial charge in [0.2, 0.25) is 0 Å². The molecule has 102 valence electrons. The van der Waals surface area contributed by atoms with Gasteiger partial charge in [0.15, 0.2) is 5.78 Å². The lowest BCUT2D eigenvalue weighted by atomic mass is 9.95. The van der Waals surface area contributed by atoms with E-state index in [9.17, 15) is 20.1 Å². The van der Waals surface area contributed by atoms with E-state index in [1.165, 1.54) is 18.2 Å². The molecule has 1 atom stereocenters. The molecule has 0 amide bonds. The van der Waals surface area contributed by atoms with Gasteiger partial charge in [0, 0.05) is 12.1 Å². The molecule has 5 nitrogen and oxygen atoms in total. The molecule has 3 N–H and O–H groups in total. The van der Waals surface area contributed by atoms with E-state index in [4.69, 9.17) is 4.74 Å². The Hall–Kier alpha value is -2.69. The lowest BCUT2D eigenvalue weighted by Gasteiger charge is -2.26. The second kappa shape index (κ2) is 4.45. The van der Waals surface area contributed by atoms with Crippen molar-refractivity contribution in [2.24, 2.45) is 0 Å². The minimum Gasteiger partial charge on any atom is -0.508 e.